The molecule has 0 aliphatic carbocycles. The molecule has 0 radical (unpaired) electrons. The van der Waals surface area contributed by atoms with Gasteiger partial charge in [0.2, 0.25) is 4.96 Å². The number of likely N-dealkylation sites (tertiary alicyclic amines) is 1. The minimum Gasteiger partial charge on any atom is -0.302 e. The molecule has 3 aromatic heterocycles. The van der Waals surface area contributed by atoms with Crippen molar-refractivity contribution in [3.8, 4) is 10.6 Å². The predicted molar refractivity (Wildman–Crippen MR) is 147 cm³/mol. The summed E-state index contributed by atoms with van der Waals surface area (Å²) >= 11 is 1.59. The van der Waals surface area contributed by atoms with Crippen LogP contribution < -0.4 is 5.56 Å². The maximum Gasteiger partial charge on any atom is 0.261 e. The number of para-hydroxylation sites is 1. The predicted octanol–water partition coefficient (Wildman–Crippen LogP) is 4.74. The summed E-state index contributed by atoms with van der Waals surface area (Å²) in [5.74, 6) is 1.29. The molecule has 6 rings (SSSR count). The Kier molecular flexibility index (Phi) is 6.12. The third-order valence-electron chi connectivity index (χ3n) is 7.35. The molecule has 0 saturated carbocycles. The van der Waals surface area contributed by atoms with Crippen molar-refractivity contribution >= 4 is 27.2 Å². The van der Waals surface area contributed by atoms with Crippen molar-refractivity contribution in [3.05, 3.63) is 76.6 Å². The van der Waals surface area contributed by atoms with E-state index in [1.165, 1.54) is 5.56 Å². The molecule has 2 aromatic carbocycles. The lowest BCUT2D eigenvalue weighted by Gasteiger charge is -2.30. The molecule has 9 heteroatoms. The summed E-state index contributed by atoms with van der Waals surface area (Å²) in [6.45, 7) is 10.1. The summed E-state index contributed by atoms with van der Waals surface area (Å²) in [7, 11) is 0. The standard InChI is InChI=1S/C28H31N7OS/c1-28(2,3)21-10-8-20(9-11-21)25-32-35-24(30-31-27(35)37-25)19-12-14-33(15-13-19)16-17-34-18-29-23-7-5-4-6-22(23)26(34)36/h4-11,18-19H,12-17H2,1-3H3. The molecular formula is C28H31N7OS. The molecule has 1 fully saturated rings. The number of piperidine rings is 1. The molecule has 37 heavy (non-hydrogen) atoms. The van der Waals surface area contributed by atoms with Crippen molar-refractivity contribution in [2.75, 3.05) is 19.6 Å². The van der Waals surface area contributed by atoms with Crippen LogP contribution in [0.3, 0.4) is 0 Å². The van der Waals surface area contributed by atoms with E-state index in [0.29, 0.717) is 17.8 Å². The highest BCUT2D eigenvalue weighted by atomic mass is 32.1. The Morgan fingerprint density at radius 2 is 1.73 bits per heavy atom. The van der Waals surface area contributed by atoms with E-state index in [-0.39, 0.29) is 11.0 Å². The van der Waals surface area contributed by atoms with E-state index >= 15 is 0 Å². The van der Waals surface area contributed by atoms with Gasteiger partial charge in [-0.3, -0.25) is 9.36 Å². The summed E-state index contributed by atoms with van der Waals surface area (Å²) in [4.78, 5) is 20.5. The zero-order chi connectivity index (χ0) is 25.6. The molecule has 190 valence electrons. The first-order chi connectivity index (χ1) is 17.9. The van der Waals surface area contributed by atoms with Crippen LogP contribution in [0.2, 0.25) is 0 Å². The van der Waals surface area contributed by atoms with Crippen LogP contribution in [-0.4, -0.2) is 53.9 Å². The van der Waals surface area contributed by atoms with E-state index in [0.717, 1.165) is 59.3 Å². The lowest BCUT2D eigenvalue weighted by Crippen LogP contribution is -2.37. The zero-order valence-corrected chi connectivity index (χ0v) is 22.3. The van der Waals surface area contributed by atoms with Gasteiger partial charge in [0.05, 0.1) is 17.2 Å². The fourth-order valence-electron chi connectivity index (χ4n) is 5.05. The molecule has 0 unspecified atom stereocenters. The summed E-state index contributed by atoms with van der Waals surface area (Å²) in [6.07, 6.45) is 3.67. The lowest BCUT2D eigenvalue weighted by molar-refractivity contribution is 0.201. The fraction of sp³-hybridized carbons (Fsp3) is 0.393. The third-order valence-corrected chi connectivity index (χ3v) is 8.30. The Labute approximate surface area is 219 Å². The molecule has 1 aliphatic rings. The van der Waals surface area contributed by atoms with Gasteiger partial charge in [-0.25, -0.2) is 4.98 Å². The second-order valence-electron chi connectivity index (χ2n) is 10.9. The number of hydrogen-bond acceptors (Lipinski definition) is 7. The minimum atomic E-state index is 0.0266. The summed E-state index contributed by atoms with van der Waals surface area (Å²) in [5.41, 5.74) is 3.33. The van der Waals surface area contributed by atoms with Crippen molar-refractivity contribution in [2.24, 2.45) is 0 Å². The second-order valence-corrected chi connectivity index (χ2v) is 11.8. The lowest BCUT2D eigenvalue weighted by atomic mass is 9.87. The van der Waals surface area contributed by atoms with Crippen molar-refractivity contribution in [1.29, 1.82) is 0 Å². The van der Waals surface area contributed by atoms with Crippen LogP contribution in [0.15, 0.2) is 59.7 Å². The van der Waals surface area contributed by atoms with Gasteiger partial charge in [0.15, 0.2) is 5.82 Å². The van der Waals surface area contributed by atoms with Gasteiger partial charge in [0.1, 0.15) is 5.01 Å². The summed E-state index contributed by atoms with van der Waals surface area (Å²) < 4.78 is 3.67. The average molecular weight is 514 g/mol. The molecule has 1 aliphatic heterocycles. The van der Waals surface area contributed by atoms with Gasteiger partial charge < -0.3 is 4.90 Å². The maximum atomic E-state index is 12.8. The maximum absolute atomic E-state index is 12.8. The number of hydrogen-bond donors (Lipinski definition) is 0. The Bertz CT molecular complexity index is 1600. The van der Waals surface area contributed by atoms with Crippen molar-refractivity contribution in [3.63, 3.8) is 0 Å². The SMILES string of the molecule is CC(C)(C)c1ccc(-c2nn3c(C4CCN(CCn5cnc6ccccc6c5=O)CC4)nnc3s2)cc1. The molecule has 0 spiro atoms. The number of aromatic nitrogens is 6. The number of nitrogens with zero attached hydrogens (tertiary/aromatic N) is 7. The summed E-state index contributed by atoms with van der Waals surface area (Å²) in [6, 6.07) is 16.2. The molecule has 0 bridgehead atoms. The van der Waals surface area contributed by atoms with Crippen molar-refractivity contribution < 1.29 is 0 Å². The number of rotatable bonds is 5. The van der Waals surface area contributed by atoms with E-state index in [2.05, 4.69) is 65.1 Å². The van der Waals surface area contributed by atoms with Gasteiger partial charge in [0.25, 0.3) is 5.56 Å². The van der Waals surface area contributed by atoms with E-state index in [1.54, 1.807) is 22.2 Å². The van der Waals surface area contributed by atoms with Gasteiger partial charge in [-0.15, -0.1) is 10.2 Å². The molecule has 5 aromatic rings. The summed E-state index contributed by atoms with van der Waals surface area (Å²) in [5, 5.41) is 15.5. The highest BCUT2D eigenvalue weighted by Gasteiger charge is 2.26. The Morgan fingerprint density at radius 1 is 0.973 bits per heavy atom. The molecule has 0 N–H and O–H groups in total. The van der Waals surface area contributed by atoms with Crippen LogP contribution >= 0.6 is 11.3 Å². The topological polar surface area (TPSA) is 81.2 Å². The van der Waals surface area contributed by atoms with Crippen LogP contribution in [0, 0.1) is 0 Å². The quantitative estimate of drug-likeness (QED) is 0.338. The normalized spacial score (nSPS) is 15.6. The monoisotopic (exact) mass is 513 g/mol. The van der Waals surface area contributed by atoms with E-state index in [1.807, 2.05) is 28.8 Å². The molecule has 4 heterocycles. The fourth-order valence-corrected chi connectivity index (χ4v) is 5.90. The number of benzene rings is 2. The van der Waals surface area contributed by atoms with Crippen LogP contribution in [0.5, 0.6) is 0 Å². The first-order valence-electron chi connectivity index (χ1n) is 12.9. The molecule has 0 amide bonds. The highest BCUT2D eigenvalue weighted by molar-refractivity contribution is 7.19. The van der Waals surface area contributed by atoms with E-state index in [9.17, 15) is 4.79 Å². The first kappa shape index (κ1) is 23.9. The van der Waals surface area contributed by atoms with E-state index < -0.39 is 0 Å². The minimum absolute atomic E-state index is 0.0266. The third kappa shape index (κ3) is 4.69. The molecule has 8 nitrogen and oxygen atoms in total. The van der Waals surface area contributed by atoms with Crippen LogP contribution in [0.1, 0.15) is 50.9 Å². The van der Waals surface area contributed by atoms with Gasteiger partial charge in [-0.2, -0.15) is 9.61 Å². The Hall–Kier alpha value is -3.43. The van der Waals surface area contributed by atoms with Crippen LogP contribution in [0.4, 0.5) is 0 Å². The number of fused-ring (bicyclic) bond motifs is 2. The molecule has 0 atom stereocenters. The van der Waals surface area contributed by atoms with Gasteiger partial charge in [-0.05, 0) is 49.0 Å². The van der Waals surface area contributed by atoms with Crippen LogP contribution in [0.25, 0.3) is 26.4 Å². The smallest absolute Gasteiger partial charge is 0.261 e. The Morgan fingerprint density at radius 3 is 2.49 bits per heavy atom. The Balaban J connectivity index is 1.11. The molecule has 1 saturated heterocycles. The van der Waals surface area contributed by atoms with Crippen molar-refractivity contribution in [1.82, 2.24) is 34.3 Å². The molecular weight excluding hydrogens is 482 g/mol. The van der Waals surface area contributed by atoms with Crippen molar-refractivity contribution in [2.45, 2.75) is 51.5 Å². The average Bonchev–Trinajstić information content (AvgIpc) is 3.50. The zero-order valence-electron chi connectivity index (χ0n) is 21.5. The van der Waals surface area contributed by atoms with Gasteiger partial charge in [0, 0.05) is 24.6 Å². The first-order valence-corrected chi connectivity index (χ1v) is 13.7. The van der Waals surface area contributed by atoms with E-state index in [4.69, 9.17) is 5.10 Å². The largest absolute Gasteiger partial charge is 0.302 e. The van der Waals surface area contributed by atoms with Crippen LogP contribution in [-0.2, 0) is 12.0 Å². The highest BCUT2D eigenvalue weighted by Crippen LogP contribution is 2.32. The second kappa shape index (κ2) is 9.46. The van der Waals surface area contributed by atoms with Gasteiger partial charge in [-0.1, -0.05) is 68.5 Å². The van der Waals surface area contributed by atoms with Gasteiger partial charge >= 0.3 is 0 Å².